The highest BCUT2D eigenvalue weighted by atomic mass is 79.9. The number of hydrogen-bond acceptors (Lipinski definition) is 4. The molecule has 144 valence electrons. The van der Waals surface area contributed by atoms with Crippen LogP contribution in [0.15, 0.2) is 39.9 Å². The molecular formula is C20H12BrF2N5O. The summed E-state index contributed by atoms with van der Waals surface area (Å²) in [6.45, 7) is 1.84. The Morgan fingerprint density at radius 2 is 2.00 bits per heavy atom. The molecule has 5 aromatic rings. The van der Waals surface area contributed by atoms with Crippen molar-refractivity contribution in [2.75, 3.05) is 5.73 Å². The minimum Gasteiger partial charge on any atom is -0.394 e. The van der Waals surface area contributed by atoms with Gasteiger partial charge in [0.1, 0.15) is 11.2 Å². The number of aryl methyl sites for hydroxylation is 1. The van der Waals surface area contributed by atoms with Gasteiger partial charge in [0.15, 0.2) is 11.6 Å². The lowest BCUT2D eigenvalue weighted by Gasteiger charge is -2.16. The number of fused-ring (bicyclic) bond motifs is 4. The number of hydrogen-bond donors (Lipinski definition) is 3. The lowest BCUT2D eigenvalue weighted by atomic mass is 9.92. The number of benzene rings is 2. The van der Waals surface area contributed by atoms with E-state index in [1.54, 1.807) is 12.3 Å². The third-order valence-electron chi connectivity index (χ3n) is 5.14. The maximum atomic E-state index is 14.4. The van der Waals surface area contributed by atoms with Gasteiger partial charge >= 0.3 is 0 Å². The van der Waals surface area contributed by atoms with Crippen LogP contribution >= 0.6 is 15.9 Å². The van der Waals surface area contributed by atoms with E-state index < -0.39 is 17.2 Å². The number of aromatic nitrogens is 4. The molecule has 2 aromatic carbocycles. The molecule has 0 aliphatic rings. The van der Waals surface area contributed by atoms with E-state index in [9.17, 15) is 13.6 Å². The predicted octanol–water partition coefficient (Wildman–Crippen LogP) is 4.55. The second-order valence-electron chi connectivity index (χ2n) is 6.71. The zero-order valence-corrected chi connectivity index (χ0v) is 16.5. The Balaban J connectivity index is 2.09. The maximum absolute atomic E-state index is 14.4. The molecule has 0 saturated heterocycles. The first-order valence-electron chi connectivity index (χ1n) is 8.59. The van der Waals surface area contributed by atoms with Crippen LogP contribution in [0.3, 0.4) is 0 Å². The second-order valence-corrected chi connectivity index (χ2v) is 7.50. The quantitative estimate of drug-likeness (QED) is 0.322. The number of pyridine rings is 2. The van der Waals surface area contributed by atoms with Crippen LogP contribution in [-0.2, 0) is 0 Å². The monoisotopic (exact) mass is 455 g/mol. The van der Waals surface area contributed by atoms with E-state index in [4.69, 9.17) is 5.73 Å². The Labute approximate surface area is 169 Å². The van der Waals surface area contributed by atoms with Crippen molar-refractivity contribution in [1.82, 2.24) is 20.2 Å². The second kappa shape index (κ2) is 6.08. The highest BCUT2D eigenvalue weighted by molar-refractivity contribution is 9.10. The normalized spacial score (nSPS) is 11.7. The van der Waals surface area contributed by atoms with Crippen molar-refractivity contribution in [1.29, 1.82) is 0 Å². The summed E-state index contributed by atoms with van der Waals surface area (Å²) in [5.41, 5.74) is 8.00. The molecule has 0 saturated carbocycles. The molecule has 0 amide bonds. The van der Waals surface area contributed by atoms with Crippen molar-refractivity contribution in [2.24, 2.45) is 0 Å². The number of H-pyrrole nitrogens is 2. The van der Waals surface area contributed by atoms with Gasteiger partial charge in [0.25, 0.3) is 5.56 Å². The van der Waals surface area contributed by atoms with Crippen molar-refractivity contribution in [3.63, 3.8) is 0 Å². The summed E-state index contributed by atoms with van der Waals surface area (Å²) in [5, 5.41) is 7.94. The molecular weight excluding hydrogens is 444 g/mol. The van der Waals surface area contributed by atoms with Crippen LogP contribution in [0.25, 0.3) is 43.8 Å². The average Bonchev–Trinajstić information content (AvgIpc) is 3.21. The van der Waals surface area contributed by atoms with Crippen LogP contribution < -0.4 is 11.3 Å². The van der Waals surface area contributed by atoms with Gasteiger partial charge in [-0.3, -0.25) is 14.9 Å². The van der Waals surface area contributed by atoms with Crippen molar-refractivity contribution in [3.05, 3.63) is 62.6 Å². The van der Waals surface area contributed by atoms with Gasteiger partial charge in [-0.05, 0) is 52.2 Å². The highest BCUT2D eigenvalue weighted by Gasteiger charge is 2.23. The SMILES string of the molecule is Cc1c(Br)c2ncccc2c2[nH]c(=O)c(N)c(-c3cc(F)c(F)c4[nH]ncc34)c12. The van der Waals surface area contributed by atoms with Gasteiger partial charge in [0, 0.05) is 32.4 Å². The van der Waals surface area contributed by atoms with Crippen molar-refractivity contribution in [2.45, 2.75) is 6.92 Å². The minimum absolute atomic E-state index is 0.0907. The molecule has 3 heterocycles. The molecule has 4 N–H and O–H groups in total. The summed E-state index contributed by atoms with van der Waals surface area (Å²) in [4.78, 5) is 19.9. The summed E-state index contributed by atoms with van der Waals surface area (Å²) in [7, 11) is 0. The fourth-order valence-corrected chi connectivity index (χ4v) is 4.31. The molecule has 6 nitrogen and oxygen atoms in total. The molecule has 0 unspecified atom stereocenters. The number of nitrogen functional groups attached to an aromatic ring is 1. The molecule has 0 radical (unpaired) electrons. The molecule has 0 fully saturated rings. The van der Waals surface area contributed by atoms with E-state index in [0.717, 1.165) is 16.1 Å². The number of nitrogens with one attached hydrogen (secondary N) is 2. The van der Waals surface area contributed by atoms with E-state index in [1.165, 1.54) is 6.20 Å². The highest BCUT2D eigenvalue weighted by Crippen LogP contribution is 2.42. The summed E-state index contributed by atoms with van der Waals surface area (Å²) < 4.78 is 29.3. The van der Waals surface area contributed by atoms with E-state index >= 15 is 0 Å². The van der Waals surface area contributed by atoms with E-state index in [1.807, 2.05) is 13.0 Å². The van der Waals surface area contributed by atoms with Crippen LogP contribution in [-0.4, -0.2) is 20.2 Å². The Bertz CT molecular complexity index is 1540. The number of nitrogens with zero attached hydrogens (tertiary/aromatic N) is 2. The third kappa shape index (κ3) is 2.34. The van der Waals surface area contributed by atoms with E-state index in [-0.39, 0.29) is 16.8 Å². The van der Waals surface area contributed by atoms with Crippen molar-refractivity contribution >= 4 is 54.3 Å². The Hall–Kier alpha value is -3.33. The lowest BCUT2D eigenvalue weighted by Crippen LogP contribution is -2.14. The number of aromatic amines is 2. The molecule has 3 aromatic heterocycles. The zero-order valence-electron chi connectivity index (χ0n) is 14.9. The lowest BCUT2D eigenvalue weighted by molar-refractivity contribution is 0.515. The number of halogens is 3. The largest absolute Gasteiger partial charge is 0.394 e. The Morgan fingerprint density at radius 1 is 1.21 bits per heavy atom. The van der Waals surface area contributed by atoms with Crippen LogP contribution in [0.2, 0.25) is 0 Å². The smallest absolute Gasteiger partial charge is 0.272 e. The third-order valence-corrected chi connectivity index (χ3v) is 6.11. The van der Waals surface area contributed by atoms with Gasteiger partial charge in [-0.2, -0.15) is 5.10 Å². The summed E-state index contributed by atoms with van der Waals surface area (Å²) >= 11 is 3.57. The summed E-state index contributed by atoms with van der Waals surface area (Å²) in [5.74, 6) is -2.11. The summed E-state index contributed by atoms with van der Waals surface area (Å²) in [6, 6.07) is 4.62. The van der Waals surface area contributed by atoms with Crippen molar-refractivity contribution in [3.8, 4) is 11.1 Å². The van der Waals surface area contributed by atoms with Crippen LogP contribution in [0.1, 0.15) is 5.56 Å². The first-order chi connectivity index (χ1) is 13.9. The maximum Gasteiger partial charge on any atom is 0.272 e. The first-order valence-corrected chi connectivity index (χ1v) is 9.39. The van der Waals surface area contributed by atoms with E-state index in [2.05, 4.69) is 36.1 Å². The topological polar surface area (TPSA) is 100 Å². The van der Waals surface area contributed by atoms with Gasteiger partial charge in [-0.15, -0.1) is 0 Å². The van der Waals surface area contributed by atoms with Gasteiger partial charge < -0.3 is 10.7 Å². The Kier molecular flexibility index (Phi) is 3.72. The Morgan fingerprint density at radius 3 is 2.79 bits per heavy atom. The van der Waals surface area contributed by atoms with E-state index in [0.29, 0.717) is 32.8 Å². The molecule has 0 aliphatic carbocycles. The minimum atomic E-state index is -1.07. The van der Waals surface area contributed by atoms with Gasteiger partial charge in [-0.25, -0.2) is 8.78 Å². The van der Waals surface area contributed by atoms with Crippen molar-refractivity contribution < 1.29 is 8.78 Å². The molecule has 0 bridgehead atoms. The molecule has 0 atom stereocenters. The molecule has 9 heteroatoms. The fourth-order valence-electron chi connectivity index (χ4n) is 3.79. The molecule has 0 spiro atoms. The van der Waals surface area contributed by atoms with Crippen LogP contribution in [0.4, 0.5) is 14.5 Å². The van der Waals surface area contributed by atoms with Crippen LogP contribution in [0.5, 0.6) is 0 Å². The number of nitrogens with two attached hydrogens (primary N) is 1. The average molecular weight is 456 g/mol. The zero-order chi connectivity index (χ0) is 20.4. The summed E-state index contributed by atoms with van der Waals surface area (Å²) in [6.07, 6.45) is 3.03. The van der Waals surface area contributed by atoms with Crippen LogP contribution in [0, 0.1) is 18.6 Å². The predicted molar refractivity (Wildman–Crippen MR) is 112 cm³/mol. The first kappa shape index (κ1) is 17.7. The number of rotatable bonds is 1. The fraction of sp³-hybridized carbons (Fsp3) is 0.0500. The van der Waals surface area contributed by atoms with Gasteiger partial charge in [0.05, 0.1) is 17.2 Å². The number of anilines is 1. The molecule has 0 aliphatic heterocycles. The van der Waals surface area contributed by atoms with Gasteiger partial charge in [-0.1, -0.05) is 0 Å². The van der Waals surface area contributed by atoms with Gasteiger partial charge in [0.2, 0.25) is 0 Å². The molecule has 29 heavy (non-hydrogen) atoms. The standard InChI is InChI=1S/C20H12BrF2N5O/c1-7-12-13(9-5-11(22)15(23)19-10(9)6-26-28-19)16(24)20(29)27-17(12)8-3-2-4-25-18(8)14(7)21/h2-6H,24H2,1H3,(H,26,28)(H,27,29). The molecule has 5 rings (SSSR count).